The first-order chi connectivity index (χ1) is 6.27. The lowest BCUT2D eigenvalue weighted by molar-refractivity contribution is -0.0383. The molecule has 0 aliphatic heterocycles. The van der Waals surface area contributed by atoms with Crippen LogP contribution in [0.3, 0.4) is 0 Å². The molecule has 1 atom stereocenters. The highest BCUT2D eigenvalue weighted by molar-refractivity contribution is 5.24. The maximum atomic E-state index is 10.2. The van der Waals surface area contributed by atoms with E-state index in [2.05, 4.69) is 0 Å². The Morgan fingerprint density at radius 3 is 2.31 bits per heavy atom. The number of hydrogen-bond acceptors (Lipinski definition) is 2. The number of rotatable bonds is 3. The second kappa shape index (κ2) is 3.13. The number of hydrogen-bond donors (Lipinski definition) is 2. The summed E-state index contributed by atoms with van der Waals surface area (Å²) in [6, 6.07) is 9.42. The van der Waals surface area contributed by atoms with Gasteiger partial charge in [0.05, 0.1) is 6.61 Å². The van der Waals surface area contributed by atoms with E-state index in [1.54, 1.807) is 0 Å². The minimum atomic E-state index is -0.999. The molecule has 2 nitrogen and oxygen atoms in total. The van der Waals surface area contributed by atoms with Crippen LogP contribution in [0.25, 0.3) is 0 Å². The smallest absolute Gasteiger partial charge is 0.115 e. The first kappa shape index (κ1) is 8.73. The molecule has 0 radical (unpaired) electrons. The van der Waals surface area contributed by atoms with Crippen LogP contribution in [0.4, 0.5) is 0 Å². The van der Waals surface area contributed by atoms with Crippen LogP contribution in [-0.4, -0.2) is 16.8 Å². The maximum absolute atomic E-state index is 10.2. The van der Waals surface area contributed by atoms with E-state index >= 15 is 0 Å². The lowest BCUT2D eigenvalue weighted by atomic mass is 9.90. The van der Waals surface area contributed by atoms with Gasteiger partial charge in [0.25, 0.3) is 0 Å². The molecule has 0 amide bonds. The van der Waals surface area contributed by atoms with Gasteiger partial charge in [0.2, 0.25) is 0 Å². The highest BCUT2D eigenvalue weighted by Gasteiger charge is 2.44. The molecular formula is C11H14O2. The van der Waals surface area contributed by atoms with Gasteiger partial charge in [-0.3, -0.25) is 0 Å². The highest BCUT2D eigenvalue weighted by Crippen LogP contribution is 2.45. The second-order valence-electron chi connectivity index (χ2n) is 3.72. The molecule has 1 saturated carbocycles. The van der Waals surface area contributed by atoms with Gasteiger partial charge >= 0.3 is 0 Å². The quantitative estimate of drug-likeness (QED) is 0.732. The Labute approximate surface area is 77.8 Å². The van der Waals surface area contributed by atoms with E-state index in [1.165, 1.54) is 0 Å². The summed E-state index contributed by atoms with van der Waals surface area (Å²) in [6.45, 7) is -0.179. The fourth-order valence-corrected chi connectivity index (χ4v) is 1.74. The largest absolute Gasteiger partial charge is 0.393 e. The van der Waals surface area contributed by atoms with Crippen molar-refractivity contribution < 1.29 is 10.2 Å². The molecule has 2 rings (SSSR count). The lowest BCUT2D eigenvalue weighted by Gasteiger charge is -2.26. The standard InChI is InChI=1S/C11H14O2/c12-8-11(13,10-6-7-10)9-4-2-1-3-5-9/h1-5,10,12-13H,6-8H2/t11-/m1/s1. The van der Waals surface area contributed by atoms with Crippen molar-refractivity contribution in [2.45, 2.75) is 18.4 Å². The summed E-state index contributed by atoms with van der Waals surface area (Å²) < 4.78 is 0. The van der Waals surface area contributed by atoms with E-state index in [4.69, 9.17) is 0 Å². The van der Waals surface area contributed by atoms with E-state index in [1.807, 2.05) is 30.3 Å². The Morgan fingerprint density at radius 2 is 1.85 bits per heavy atom. The van der Waals surface area contributed by atoms with Gasteiger partial charge in [-0.15, -0.1) is 0 Å². The first-order valence-electron chi connectivity index (χ1n) is 4.66. The third-order valence-electron chi connectivity index (χ3n) is 2.77. The molecular weight excluding hydrogens is 164 g/mol. The average Bonchev–Trinajstić information content (AvgIpc) is 3.02. The highest BCUT2D eigenvalue weighted by atomic mass is 16.3. The fourth-order valence-electron chi connectivity index (χ4n) is 1.74. The number of aliphatic hydroxyl groups is 2. The normalized spacial score (nSPS) is 21.1. The lowest BCUT2D eigenvalue weighted by Crippen LogP contribution is -2.32. The fraction of sp³-hybridized carbons (Fsp3) is 0.455. The van der Waals surface area contributed by atoms with Crippen molar-refractivity contribution in [2.24, 2.45) is 5.92 Å². The predicted molar refractivity (Wildman–Crippen MR) is 50.1 cm³/mol. The average molecular weight is 178 g/mol. The topological polar surface area (TPSA) is 40.5 Å². The molecule has 0 unspecified atom stereocenters. The SMILES string of the molecule is OC[C@@](O)(c1ccccc1)C1CC1. The van der Waals surface area contributed by atoms with Crippen LogP contribution < -0.4 is 0 Å². The zero-order chi connectivity index (χ0) is 9.31. The van der Waals surface area contributed by atoms with Gasteiger partial charge in [-0.1, -0.05) is 30.3 Å². The zero-order valence-electron chi connectivity index (χ0n) is 7.48. The summed E-state index contributed by atoms with van der Waals surface area (Å²) >= 11 is 0. The molecule has 70 valence electrons. The molecule has 0 saturated heterocycles. The molecule has 2 heteroatoms. The summed E-state index contributed by atoms with van der Waals surface area (Å²) in [5.74, 6) is 0.250. The van der Waals surface area contributed by atoms with Gasteiger partial charge in [0.1, 0.15) is 5.60 Å². The van der Waals surface area contributed by atoms with Gasteiger partial charge in [0, 0.05) is 0 Å². The van der Waals surface area contributed by atoms with Crippen LogP contribution in [0.15, 0.2) is 30.3 Å². The van der Waals surface area contributed by atoms with Gasteiger partial charge < -0.3 is 10.2 Å². The molecule has 13 heavy (non-hydrogen) atoms. The molecule has 2 N–H and O–H groups in total. The molecule has 0 aromatic heterocycles. The predicted octanol–water partition coefficient (Wildman–Crippen LogP) is 1.28. The van der Waals surface area contributed by atoms with E-state index in [9.17, 15) is 10.2 Å². The Morgan fingerprint density at radius 1 is 1.23 bits per heavy atom. The van der Waals surface area contributed by atoms with Crippen LogP contribution in [-0.2, 0) is 5.60 Å². The summed E-state index contributed by atoms with van der Waals surface area (Å²) in [7, 11) is 0. The minimum Gasteiger partial charge on any atom is -0.393 e. The van der Waals surface area contributed by atoms with Crippen molar-refractivity contribution >= 4 is 0 Å². The second-order valence-corrected chi connectivity index (χ2v) is 3.72. The van der Waals surface area contributed by atoms with Crippen LogP contribution in [0, 0.1) is 5.92 Å². The van der Waals surface area contributed by atoms with Crippen molar-refractivity contribution in [1.29, 1.82) is 0 Å². The molecule has 0 bridgehead atoms. The molecule has 0 heterocycles. The van der Waals surface area contributed by atoms with Gasteiger partial charge in [-0.2, -0.15) is 0 Å². The van der Waals surface area contributed by atoms with Crippen LogP contribution in [0.5, 0.6) is 0 Å². The monoisotopic (exact) mass is 178 g/mol. The van der Waals surface area contributed by atoms with Gasteiger partial charge in [-0.05, 0) is 24.3 Å². The van der Waals surface area contributed by atoms with E-state index in [0.717, 1.165) is 18.4 Å². The minimum absolute atomic E-state index is 0.179. The van der Waals surface area contributed by atoms with Gasteiger partial charge in [0.15, 0.2) is 0 Å². The summed E-state index contributed by atoms with van der Waals surface area (Å²) in [4.78, 5) is 0. The summed E-state index contributed by atoms with van der Waals surface area (Å²) in [5.41, 5.74) is -0.165. The molecule has 1 aliphatic carbocycles. The van der Waals surface area contributed by atoms with Crippen LogP contribution in [0.2, 0.25) is 0 Å². The summed E-state index contributed by atoms with van der Waals surface area (Å²) in [5, 5.41) is 19.4. The van der Waals surface area contributed by atoms with Crippen molar-refractivity contribution in [3.8, 4) is 0 Å². The van der Waals surface area contributed by atoms with Crippen LogP contribution >= 0.6 is 0 Å². The molecule has 1 aliphatic rings. The first-order valence-corrected chi connectivity index (χ1v) is 4.66. The Kier molecular flexibility index (Phi) is 2.10. The van der Waals surface area contributed by atoms with Crippen molar-refractivity contribution in [1.82, 2.24) is 0 Å². The van der Waals surface area contributed by atoms with Crippen molar-refractivity contribution in [3.63, 3.8) is 0 Å². The third-order valence-corrected chi connectivity index (χ3v) is 2.77. The molecule has 0 spiro atoms. The molecule has 1 aromatic rings. The Balaban J connectivity index is 2.30. The molecule has 1 aromatic carbocycles. The number of aliphatic hydroxyl groups excluding tert-OH is 1. The van der Waals surface area contributed by atoms with E-state index in [0.29, 0.717) is 0 Å². The number of benzene rings is 1. The van der Waals surface area contributed by atoms with Gasteiger partial charge in [-0.25, -0.2) is 0 Å². The van der Waals surface area contributed by atoms with Crippen LogP contribution in [0.1, 0.15) is 18.4 Å². The third kappa shape index (κ3) is 1.47. The van der Waals surface area contributed by atoms with E-state index in [-0.39, 0.29) is 12.5 Å². The Hall–Kier alpha value is -0.860. The Bertz CT molecular complexity index is 279. The molecule has 1 fully saturated rings. The zero-order valence-corrected chi connectivity index (χ0v) is 7.48. The van der Waals surface area contributed by atoms with Crippen molar-refractivity contribution in [2.75, 3.05) is 6.61 Å². The van der Waals surface area contributed by atoms with Crippen molar-refractivity contribution in [3.05, 3.63) is 35.9 Å². The maximum Gasteiger partial charge on any atom is 0.115 e. The van der Waals surface area contributed by atoms with E-state index < -0.39 is 5.60 Å². The summed E-state index contributed by atoms with van der Waals surface area (Å²) in [6.07, 6.45) is 2.04.